The predicted molar refractivity (Wildman–Crippen MR) is 182 cm³/mol. The lowest BCUT2D eigenvalue weighted by Crippen LogP contribution is -2.57. The van der Waals surface area contributed by atoms with E-state index in [0.717, 1.165) is 44.6 Å². The van der Waals surface area contributed by atoms with Crippen LogP contribution in [-0.4, -0.2) is 27.9 Å². The minimum absolute atomic E-state index is 0.00660. The standard InChI is InChI=1S/C40H39N3O2/c1-29(2)41-39(44)30(3)43(28-32-18-9-5-10-19-32)40(37-24-15-25-45-37,27-31-16-7-4-8-17-31)35-26-34-22-13-14-23-36(34)42-38(35)33-20-11-6-12-21-33/h4-26,29-30H,27-28H2,1-3H3,(H,41,44). The second kappa shape index (κ2) is 13.3. The van der Waals surface area contributed by atoms with E-state index in [9.17, 15) is 4.79 Å². The third-order valence-corrected chi connectivity index (χ3v) is 8.41. The fourth-order valence-corrected chi connectivity index (χ4v) is 6.29. The van der Waals surface area contributed by atoms with Crippen molar-refractivity contribution in [3.05, 3.63) is 162 Å². The molecule has 0 fully saturated rings. The molecule has 4 aromatic carbocycles. The lowest BCUT2D eigenvalue weighted by Gasteiger charge is -2.47. The zero-order valence-electron chi connectivity index (χ0n) is 26.1. The molecule has 0 aliphatic rings. The summed E-state index contributed by atoms with van der Waals surface area (Å²) >= 11 is 0. The van der Waals surface area contributed by atoms with Crippen LogP contribution in [0.25, 0.3) is 22.2 Å². The van der Waals surface area contributed by atoms with Crippen LogP contribution in [-0.2, 0) is 23.3 Å². The molecule has 5 nitrogen and oxygen atoms in total. The molecular formula is C40H39N3O2. The highest BCUT2D eigenvalue weighted by molar-refractivity contribution is 5.85. The first-order valence-electron chi connectivity index (χ1n) is 15.6. The SMILES string of the molecule is CC(C)NC(=O)C(C)N(Cc1ccccc1)C(Cc1ccccc1)(c1ccco1)c1cc2ccccc2nc1-c1ccccc1. The lowest BCUT2D eigenvalue weighted by molar-refractivity contribution is -0.129. The number of fused-ring (bicyclic) bond motifs is 1. The average molecular weight is 594 g/mol. The van der Waals surface area contributed by atoms with Crippen molar-refractivity contribution in [2.24, 2.45) is 0 Å². The molecule has 6 rings (SSSR count). The van der Waals surface area contributed by atoms with Gasteiger partial charge < -0.3 is 9.73 Å². The summed E-state index contributed by atoms with van der Waals surface area (Å²) in [4.78, 5) is 21.7. The Morgan fingerprint density at radius 2 is 1.40 bits per heavy atom. The Bertz CT molecular complexity index is 1840. The van der Waals surface area contributed by atoms with E-state index in [0.29, 0.717) is 13.0 Å². The number of carbonyl (C=O) groups is 1. The monoisotopic (exact) mass is 593 g/mol. The molecule has 2 atom stereocenters. The van der Waals surface area contributed by atoms with Gasteiger partial charge in [0.05, 0.1) is 23.5 Å². The van der Waals surface area contributed by atoms with Crippen LogP contribution >= 0.6 is 0 Å². The van der Waals surface area contributed by atoms with Gasteiger partial charge in [-0.15, -0.1) is 0 Å². The largest absolute Gasteiger partial charge is 0.467 e. The molecular weight excluding hydrogens is 554 g/mol. The van der Waals surface area contributed by atoms with Crippen molar-refractivity contribution in [3.63, 3.8) is 0 Å². The molecule has 0 aliphatic heterocycles. The van der Waals surface area contributed by atoms with Gasteiger partial charge in [-0.3, -0.25) is 9.69 Å². The van der Waals surface area contributed by atoms with E-state index in [-0.39, 0.29) is 11.9 Å². The molecule has 0 saturated heterocycles. The van der Waals surface area contributed by atoms with Gasteiger partial charge in [-0.05, 0) is 56.2 Å². The first kappa shape index (κ1) is 30.0. The molecule has 6 aromatic rings. The van der Waals surface area contributed by atoms with Crippen molar-refractivity contribution < 1.29 is 9.21 Å². The smallest absolute Gasteiger partial charge is 0.237 e. The average Bonchev–Trinajstić information content (AvgIpc) is 3.62. The highest BCUT2D eigenvalue weighted by Crippen LogP contribution is 2.46. The molecule has 0 bridgehead atoms. The summed E-state index contributed by atoms with van der Waals surface area (Å²) < 4.78 is 6.46. The zero-order valence-corrected chi connectivity index (χ0v) is 26.1. The van der Waals surface area contributed by atoms with Gasteiger partial charge in [0.15, 0.2) is 0 Å². The molecule has 226 valence electrons. The molecule has 2 unspecified atom stereocenters. The van der Waals surface area contributed by atoms with Gasteiger partial charge in [-0.25, -0.2) is 4.98 Å². The fourth-order valence-electron chi connectivity index (χ4n) is 6.29. The van der Waals surface area contributed by atoms with Gasteiger partial charge in [-0.2, -0.15) is 0 Å². The Hall–Kier alpha value is -5.00. The maximum Gasteiger partial charge on any atom is 0.237 e. The Morgan fingerprint density at radius 3 is 2.04 bits per heavy atom. The van der Waals surface area contributed by atoms with Gasteiger partial charge in [0.2, 0.25) is 5.91 Å². The molecule has 0 spiro atoms. The number of hydrogen-bond acceptors (Lipinski definition) is 4. The van der Waals surface area contributed by atoms with Crippen LogP contribution in [0.15, 0.2) is 144 Å². The molecule has 45 heavy (non-hydrogen) atoms. The third kappa shape index (κ3) is 6.31. The van der Waals surface area contributed by atoms with Crippen LogP contribution in [0.2, 0.25) is 0 Å². The number of nitrogens with zero attached hydrogens (tertiary/aromatic N) is 2. The second-order valence-corrected chi connectivity index (χ2v) is 11.9. The van der Waals surface area contributed by atoms with Gasteiger partial charge in [0.25, 0.3) is 0 Å². The van der Waals surface area contributed by atoms with Crippen LogP contribution in [0, 0.1) is 0 Å². The highest BCUT2D eigenvalue weighted by Gasteiger charge is 2.48. The van der Waals surface area contributed by atoms with E-state index in [1.54, 1.807) is 6.26 Å². The van der Waals surface area contributed by atoms with Crippen molar-refractivity contribution >= 4 is 16.8 Å². The van der Waals surface area contributed by atoms with Crippen LogP contribution < -0.4 is 5.32 Å². The predicted octanol–water partition coefficient (Wildman–Crippen LogP) is 8.40. The number of aromatic nitrogens is 1. The van der Waals surface area contributed by atoms with Crippen molar-refractivity contribution in [1.82, 2.24) is 15.2 Å². The number of amides is 1. The van der Waals surface area contributed by atoms with Crippen LogP contribution in [0.3, 0.4) is 0 Å². The van der Waals surface area contributed by atoms with Gasteiger partial charge in [0, 0.05) is 35.5 Å². The number of para-hydroxylation sites is 1. The molecule has 0 saturated carbocycles. The number of nitrogens with one attached hydrogen (secondary N) is 1. The van der Waals surface area contributed by atoms with E-state index >= 15 is 0 Å². The van der Waals surface area contributed by atoms with Gasteiger partial charge in [0.1, 0.15) is 11.3 Å². The van der Waals surface area contributed by atoms with Crippen LogP contribution in [0.1, 0.15) is 43.2 Å². The highest BCUT2D eigenvalue weighted by atomic mass is 16.3. The Kier molecular flexibility index (Phi) is 8.90. The Labute approximate surface area is 265 Å². The number of furan rings is 1. The maximum atomic E-state index is 14.1. The van der Waals surface area contributed by atoms with Gasteiger partial charge >= 0.3 is 0 Å². The van der Waals surface area contributed by atoms with E-state index in [1.807, 2.05) is 87.5 Å². The summed E-state index contributed by atoms with van der Waals surface area (Å²) in [6.45, 7) is 6.50. The molecule has 2 heterocycles. The zero-order chi connectivity index (χ0) is 31.2. The first-order chi connectivity index (χ1) is 22.0. The normalized spacial score (nSPS) is 13.5. The molecule has 1 N–H and O–H groups in total. The van der Waals surface area contributed by atoms with Crippen molar-refractivity contribution in [3.8, 4) is 11.3 Å². The van der Waals surface area contributed by atoms with Crippen molar-refractivity contribution in [1.29, 1.82) is 0 Å². The number of rotatable bonds is 11. The van der Waals surface area contributed by atoms with Gasteiger partial charge in [-0.1, -0.05) is 109 Å². The minimum atomic E-state index is -0.934. The molecule has 0 radical (unpaired) electrons. The summed E-state index contributed by atoms with van der Waals surface area (Å²) in [5.41, 5.74) is 5.03. The molecule has 1 amide bonds. The first-order valence-corrected chi connectivity index (χ1v) is 15.6. The van der Waals surface area contributed by atoms with Crippen LogP contribution in [0.5, 0.6) is 0 Å². The van der Waals surface area contributed by atoms with Crippen molar-refractivity contribution in [2.45, 2.75) is 51.4 Å². The summed E-state index contributed by atoms with van der Waals surface area (Å²) in [5, 5.41) is 4.21. The lowest BCUT2D eigenvalue weighted by atomic mass is 9.76. The van der Waals surface area contributed by atoms with Crippen LogP contribution in [0.4, 0.5) is 0 Å². The van der Waals surface area contributed by atoms with Crippen molar-refractivity contribution in [2.75, 3.05) is 0 Å². The summed E-state index contributed by atoms with van der Waals surface area (Å²) in [7, 11) is 0. The molecule has 0 aliphatic carbocycles. The minimum Gasteiger partial charge on any atom is -0.467 e. The van der Waals surface area contributed by atoms with E-state index in [1.165, 1.54) is 0 Å². The number of hydrogen-bond donors (Lipinski definition) is 1. The summed E-state index contributed by atoms with van der Waals surface area (Å²) in [6, 6.07) is 45.0. The van der Waals surface area contributed by atoms with E-state index in [4.69, 9.17) is 9.40 Å². The maximum absolute atomic E-state index is 14.1. The fraction of sp³-hybridized carbons (Fsp3) is 0.200. The molecule has 5 heteroatoms. The summed E-state index contributed by atoms with van der Waals surface area (Å²) in [6.07, 6.45) is 2.28. The Balaban J connectivity index is 1.72. The number of carbonyl (C=O) groups excluding carboxylic acids is 1. The second-order valence-electron chi connectivity index (χ2n) is 11.9. The van der Waals surface area contributed by atoms with E-state index in [2.05, 4.69) is 76.9 Å². The third-order valence-electron chi connectivity index (χ3n) is 8.41. The molecule has 2 aromatic heterocycles. The Morgan fingerprint density at radius 1 is 0.778 bits per heavy atom. The topological polar surface area (TPSA) is 58.4 Å². The number of benzene rings is 4. The quantitative estimate of drug-likeness (QED) is 0.164. The number of pyridine rings is 1. The van der Waals surface area contributed by atoms with E-state index < -0.39 is 11.6 Å². The summed E-state index contributed by atoms with van der Waals surface area (Å²) in [5.74, 6) is 0.709.